The molecule has 0 aliphatic rings. The third-order valence-electron chi connectivity index (χ3n) is 3.61. The molecule has 0 amide bonds. The SMILES string of the molecule is CNCc1sc(-c2ccc3ccccc3c2)nc1C(C)C. The zero-order chi connectivity index (χ0) is 14.8. The summed E-state index contributed by atoms with van der Waals surface area (Å²) in [6.45, 7) is 5.30. The molecule has 0 spiro atoms. The Balaban J connectivity index is 2.07. The summed E-state index contributed by atoms with van der Waals surface area (Å²) in [6, 6.07) is 15.1. The van der Waals surface area contributed by atoms with Crippen LogP contribution < -0.4 is 5.32 Å². The Morgan fingerprint density at radius 3 is 2.57 bits per heavy atom. The van der Waals surface area contributed by atoms with E-state index in [9.17, 15) is 0 Å². The number of fused-ring (bicyclic) bond motifs is 1. The largest absolute Gasteiger partial charge is 0.315 e. The fourth-order valence-electron chi connectivity index (χ4n) is 2.55. The second-order valence-corrected chi connectivity index (χ2v) is 6.66. The zero-order valence-electron chi connectivity index (χ0n) is 12.7. The third-order valence-corrected chi connectivity index (χ3v) is 4.73. The molecule has 3 heteroatoms. The van der Waals surface area contributed by atoms with Crippen LogP contribution in [0.4, 0.5) is 0 Å². The van der Waals surface area contributed by atoms with Gasteiger partial charge in [-0.2, -0.15) is 0 Å². The Hall–Kier alpha value is -1.71. The first-order valence-electron chi connectivity index (χ1n) is 7.32. The van der Waals surface area contributed by atoms with Gasteiger partial charge in [-0.15, -0.1) is 11.3 Å². The Morgan fingerprint density at radius 1 is 1.10 bits per heavy atom. The van der Waals surface area contributed by atoms with Gasteiger partial charge in [0.15, 0.2) is 0 Å². The van der Waals surface area contributed by atoms with Gasteiger partial charge in [0.25, 0.3) is 0 Å². The summed E-state index contributed by atoms with van der Waals surface area (Å²) >= 11 is 1.80. The van der Waals surface area contributed by atoms with Crippen LogP contribution in [0.25, 0.3) is 21.3 Å². The molecule has 0 fully saturated rings. The first-order valence-corrected chi connectivity index (χ1v) is 8.14. The van der Waals surface area contributed by atoms with Gasteiger partial charge in [-0.05, 0) is 29.8 Å². The Kier molecular flexibility index (Phi) is 4.04. The minimum Gasteiger partial charge on any atom is -0.315 e. The standard InChI is InChI=1S/C18H20N2S/c1-12(2)17-16(11-19-3)21-18(20-17)15-9-8-13-6-4-5-7-14(13)10-15/h4-10,12,19H,11H2,1-3H3. The Morgan fingerprint density at radius 2 is 1.86 bits per heavy atom. The fraction of sp³-hybridized carbons (Fsp3) is 0.278. The van der Waals surface area contributed by atoms with Crippen molar-refractivity contribution in [2.24, 2.45) is 0 Å². The van der Waals surface area contributed by atoms with Gasteiger partial charge in [0.1, 0.15) is 5.01 Å². The smallest absolute Gasteiger partial charge is 0.123 e. The first kappa shape index (κ1) is 14.2. The van der Waals surface area contributed by atoms with E-state index in [1.165, 1.54) is 26.9 Å². The molecule has 108 valence electrons. The zero-order valence-corrected chi connectivity index (χ0v) is 13.5. The van der Waals surface area contributed by atoms with Crippen molar-refractivity contribution in [3.05, 3.63) is 53.0 Å². The molecule has 1 aromatic heterocycles. The second kappa shape index (κ2) is 5.96. The maximum Gasteiger partial charge on any atom is 0.123 e. The van der Waals surface area contributed by atoms with E-state index in [1.54, 1.807) is 11.3 Å². The number of aromatic nitrogens is 1. The van der Waals surface area contributed by atoms with Gasteiger partial charge in [-0.25, -0.2) is 4.98 Å². The average Bonchev–Trinajstić information content (AvgIpc) is 2.91. The number of nitrogens with one attached hydrogen (secondary N) is 1. The Bertz CT molecular complexity index is 759. The maximum absolute atomic E-state index is 4.88. The first-order chi connectivity index (χ1) is 10.2. The van der Waals surface area contributed by atoms with E-state index in [4.69, 9.17) is 4.98 Å². The normalized spacial score (nSPS) is 11.4. The van der Waals surface area contributed by atoms with Crippen molar-refractivity contribution in [2.45, 2.75) is 26.3 Å². The van der Waals surface area contributed by atoms with Crippen LogP contribution in [-0.4, -0.2) is 12.0 Å². The lowest BCUT2D eigenvalue weighted by Gasteiger charge is -2.03. The summed E-state index contributed by atoms with van der Waals surface area (Å²) in [7, 11) is 1.99. The van der Waals surface area contributed by atoms with Crippen LogP contribution in [-0.2, 0) is 6.54 Å². The molecule has 0 atom stereocenters. The van der Waals surface area contributed by atoms with Gasteiger partial charge in [-0.3, -0.25) is 0 Å². The van der Waals surface area contributed by atoms with Crippen LogP contribution >= 0.6 is 11.3 Å². The van der Waals surface area contributed by atoms with E-state index in [1.807, 2.05) is 7.05 Å². The molecule has 0 saturated heterocycles. The number of rotatable bonds is 4. The molecule has 0 unspecified atom stereocenters. The van der Waals surface area contributed by atoms with Crippen molar-refractivity contribution >= 4 is 22.1 Å². The highest BCUT2D eigenvalue weighted by Gasteiger charge is 2.14. The van der Waals surface area contributed by atoms with E-state index in [0.717, 1.165) is 11.6 Å². The van der Waals surface area contributed by atoms with E-state index in [2.05, 4.69) is 61.6 Å². The van der Waals surface area contributed by atoms with Crippen molar-refractivity contribution in [3.63, 3.8) is 0 Å². The molecule has 0 radical (unpaired) electrons. The van der Waals surface area contributed by atoms with Gasteiger partial charge < -0.3 is 5.32 Å². The van der Waals surface area contributed by atoms with Crippen LogP contribution in [0.2, 0.25) is 0 Å². The average molecular weight is 296 g/mol. The molecule has 2 aromatic carbocycles. The van der Waals surface area contributed by atoms with Gasteiger partial charge in [0.05, 0.1) is 5.69 Å². The monoisotopic (exact) mass is 296 g/mol. The molecule has 1 heterocycles. The lowest BCUT2D eigenvalue weighted by Crippen LogP contribution is -2.06. The number of hydrogen-bond donors (Lipinski definition) is 1. The van der Waals surface area contributed by atoms with Crippen LogP contribution in [0.1, 0.15) is 30.3 Å². The highest BCUT2D eigenvalue weighted by atomic mass is 32.1. The molecule has 0 saturated carbocycles. The molecule has 21 heavy (non-hydrogen) atoms. The van der Waals surface area contributed by atoms with Crippen molar-refractivity contribution in [3.8, 4) is 10.6 Å². The summed E-state index contributed by atoms with van der Waals surface area (Å²) in [5, 5.41) is 6.91. The Labute approximate surface area is 129 Å². The maximum atomic E-state index is 4.88. The molecular formula is C18H20N2S. The van der Waals surface area contributed by atoms with Gasteiger partial charge in [-0.1, -0.05) is 50.2 Å². The van der Waals surface area contributed by atoms with Crippen LogP contribution in [0.15, 0.2) is 42.5 Å². The second-order valence-electron chi connectivity index (χ2n) is 5.57. The van der Waals surface area contributed by atoms with Crippen LogP contribution in [0.5, 0.6) is 0 Å². The number of nitrogens with zero attached hydrogens (tertiary/aromatic N) is 1. The predicted octanol–water partition coefficient (Wildman–Crippen LogP) is 4.81. The summed E-state index contributed by atoms with van der Waals surface area (Å²) in [5.74, 6) is 0.457. The van der Waals surface area contributed by atoms with Crippen molar-refractivity contribution < 1.29 is 0 Å². The van der Waals surface area contributed by atoms with Gasteiger partial charge >= 0.3 is 0 Å². The van der Waals surface area contributed by atoms with E-state index < -0.39 is 0 Å². The number of benzene rings is 2. The highest BCUT2D eigenvalue weighted by Crippen LogP contribution is 2.33. The molecule has 1 N–H and O–H groups in total. The van der Waals surface area contributed by atoms with E-state index >= 15 is 0 Å². The minimum atomic E-state index is 0.457. The summed E-state index contributed by atoms with van der Waals surface area (Å²) < 4.78 is 0. The lowest BCUT2D eigenvalue weighted by molar-refractivity contribution is 0.771. The molecule has 0 aliphatic carbocycles. The van der Waals surface area contributed by atoms with Crippen molar-refractivity contribution in [1.82, 2.24) is 10.3 Å². The van der Waals surface area contributed by atoms with E-state index in [0.29, 0.717) is 5.92 Å². The van der Waals surface area contributed by atoms with Crippen molar-refractivity contribution in [2.75, 3.05) is 7.05 Å². The summed E-state index contributed by atoms with van der Waals surface area (Å²) in [4.78, 5) is 6.23. The molecular weight excluding hydrogens is 276 g/mol. The molecule has 2 nitrogen and oxygen atoms in total. The van der Waals surface area contributed by atoms with Gasteiger partial charge in [0.2, 0.25) is 0 Å². The number of thiazole rings is 1. The van der Waals surface area contributed by atoms with Gasteiger partial charge in [0, 0.05) is 17.0 Å². The number of hydrogen-bond acceptors (Lipinski definition) is 3. The van der Waals surface area contributed by atoms with Crippen molar-refractivity contribution in [1.29, 1.82) is 0 Å². The van der Waals surface area contributed by atoms with E-state index in [-0.39, 0.29) is 0 Å². The lowest BCUT2D eigenvalue weighted by atomic mass is 10.1. The molecule has 0 bridgehead atoms. The summed E-state index contributed by atoms with van der Waals surface area (Å²) in [5.41, 5.74) is 2.43. The predicted molar refractivity (Wildman–Crippen MR) is 91.9 cm³/mol. The molecule has 3 rings (SSSR count). The topological polar surface area (TPSA) is 24.9 Å². The fourth-order valence-corrected chi connectivity index (χ4v) is 3.77. The molecule has 3 aromatic rings. The van der Waals surface area contributed by atoms with Crippen LogP contribution in [0.3, 0.4) is 0 Å². The third kappa shape index (κ3) is 2.85. The minimum absolute atomic E-state index is 0.457. The quantitative estimate of drug-likeness (QED) is 0.747. The summed E-state index contributed by atoms with van der Waals surface area (Å²) in [6.07, 6.45) is 0. The van der Waals surface area contributed by atoms with Crippen LogP contribution in [0, 0.1) is 0 Å². The molecule has 0 aliphatic heterocycles. The highest BCUT2D eigenvalue weighted by molar-refractivity contribution is 7.15.